The summed E-state index contributed by atoms with van der Waals surface area (Å²) in [6.07, 6.45) is 12.3. The van der Waals surface area contributed by atoms with Crippen LogP contribution in [0, 0.1) is 0 Å². The Morgan fingerprint density at radius 3 is 0.860 bits per heavy atom. The van der Waals surface area contributed by atoms with Crippen LogP contribution in [0.5, 0.6) is 0 Å². The van der Waals surface area contributed by atoms with Crippen LogP contribution in [-0.4, -0.2) is 64.8 Å². The number of aromatic nitrogens is 4. The topological polar surface area (TPSA) is 182 Å². The molecule has 43 heavy (non-hydrogen) atoms. The number of halogens is 12. The normalized spacial score (nSPS) is 13.9. The molecule has 0 N–H and O–H groups in total. The summed E-state index contributed by atoms with van der Waals surface area (Å²) in [4.78, 5) is 0. The van der Waals surface area contributed by atoms with Gasteiger partial charge < -0.3 is 8.25 Å². The molecule has 2 heterocycles. The lowest BCUT2D eigenvalue weighted by Gasteiger charge is -2.22. The van der Waals surface area contributed by atoms with Crippen molar-refractivity contribution in [2.75, 3.05) is 0 Å². The molecule has 0 saturated heterocycles. The monoisotopic (exact) mass is 738 g/mol. The van der Waals surface area contributed by atoms with Crippen molar-refractivity contribution < 1.29 is 95.5 Å². The van der Waals surface area contributed by atoms with Gasteiger partial charge in [0.05, 0.1) is 14.1 Å². The number of hydrogen-bond acceptors (Lipinski definition) is 8. The molecule has 0 saturated carbocycles. The summed E-state index contributed by atoms with van der Waals surface area (Å²) >= 11 is 0. The van der Waals surface area contributed by atoms with Crippen LogP contribution in [0.25, 0.3) is 8.25 Å². The van der Waals surface area contributed by atoms with Crippen LogP contribution in [0.1, 0.15) is 0 Å². The number of rotatable bonds is 6. The molecular weight excluding hydrogens is 724 g/mol. The highest BCUT2D eigenvalue weighted by Gasteiger charge is 2.48. The quantitative estimate of drug-likeness (QED) is 0.316. The third-order valence-electron chi connectivity index (χ3n) is 3.54. The molecule has 0 radical (unpaired) electrons. The van der Waals surface area contributed by atoms with Gasteiger partial charge in [-0.3, -0.25) is 0 Å². The molecule has 30 heteroatoms. The molecular formula is C13H14F12N6O8S4. The molecule has 0 aromatic carbocycles. The number of imidazole rings is 2. The molecule has 0 aliphatic heterocycles. The number of sulfonamides is 4. The van der Waals surface area contributed by atoms with E-state index in [0.29, 0.717) is 0 Å². The molecule has 2 aromatic heterocycles. The van der Waals surface area contributed by atoms with E-state index in [9.17, 15) is 86.4 Å². The van der Waals surface area contributed by atoms with Crippen molar-refractivity contribution in [3.63, 3.8) is 0 Å². The third-order valence-corrected chi connectivity index (χ3v) is 9.02. The second-order valence-corrected chi connectivity index (χ2v) is 14.0. The average Bonchev–Trinajstić information content (AvgIpc) is 3.31. The molecule has 0 spiro atoms. The summed E-state index contributed by atoms with van der Waals surface area (Å²) < 4.78 is 227. The average molecular weight is 739 g/mol. The van der Waals surface area contributed by atoms with Crippen LogP contribution in [0.4, 0.5) is 52.7 Å². The number of nitrogens with zero attached hydrogens (tertiary/aromatic N) is 6. The fraction of sp³-hybridized carbons (Fsp3) is 0.538. The minimum absolute atomic E-state index is 0.778. The Hall–Kier alpha value is -2.70. The van der Waals surface area contributed by atoms with Crippen LogP contribution in [0.15, 0.2) is 37.4 Å². The predicted molar refractivity (Wildman–Crippen MR) is 113 cm³/mol. The van der Waals surface area contributed by atoms with E-state index in [1.165, 1.54) is 0 Å². The van der Waals surface area contributed by atoms with Gasteiger partial charge in [-0.25, -0.2) is 42.8 Å². The molecule has 0 fully saturated rings. The molecule has 0 aliphatic carbocycles. The summed E-state index contributed by atoms with van der Waals surface area (Å²) in [5.41, 5.74) is -24.8. The maximum absolute atomic E-state index is 11.4. The van der Waals surface area contributed by atoms with E-state index in [1.807, 2.05) is 35.6 Å². The lowest BCUT2D eigenvalue weighted by Crippen LogP contribution is -2.30. The van der Waals surface area contributed by atoms with E-state index in [0.717, 1.165) is 14.9 Å². The second kappa shape index (κ2) is 13.1. The van der Waals surface area contributed by atoms with Gasteiger partial charge in [0.1, 0.15) is 24.8 Å². The van der Waals surface area contributed by atoms with Gasteiger partial charge in [-0.15, -0.1) is 0 Å². The molecule has 0 atom stereocenters. The maximum atomic E-state index is 11.4. The molecule has 252 valence electrons. The minimum Gasteiger partial charge on any atom is -0.421 e. The zero-order chi connectivity index (χ0) is 34.7. The van der Waals surface area contributed by atoms with E-state index in [-0.39, 0.29) is 0 Å². The van der Waals surface area contributed by atoms with E-state index >= 15 is 0 Å². The molecule has 2 aromatic rings. The number of hydrogen-bond donors (Lipinski definition) is 0. The first-order valence-electron chi connectivity index (χ1n) is 9.41. The van der Waals surface area contributed by atoms with E-state index in [1.54, 1.807) is 0 Å². The van der Waals surface area contributed by atoms with Gasteiger partial charge in [0.2, 0.25) is 19.3 Å². The van der Waals surface area contributed by atoms with E-state index in [4.69, 9.17) is 0 Å². The van der Waals surface area contributed by atoms with Crippen molar-refractivity contribution >= 4 is 40.1 Å². The minimum atomic E-state index is -6.72. The largest absolute Gasteiger partial charge is 0.480 e. The Morgan fingerprint density at radius 1 is 0.512 bits per heavy atom. The Morgan fingerprint density at radius 2 is 0.721 bits per heavy atom. The molecule has 0 unspecified atom stereocenters. The molecule has 0 aliphatic rings. The van der Waals surface area contributed by atoms with E-state index in [2.05, 4.69) is 34.2 Å². The highest BCUT2D eigenvalue weighted by Crippen LogP contribution is 2.37. The number of alkyl halides is 12. The first kappa shape index (κ1) is 40.3. The molecule has 14 nitrogen and oxygen atoms in total. The van der Waals surface area contributed by atoms with Gasteiger partial charge in [-0.05, 0) is 0 Å². The summed E-state index contributed by atoms with van der Waals surface area (Å²) in [5.74, 6) is 0. The van der Waals surface area contributed by atoms with Crippen molar-refractivity contribution in [2.24, 2.45) is 14.1 Å². The first-order chi connectivity index (χ1) is 18.7. The number of aryl methyl sites for hydroxylation is 2. The fourth-order valence-corrected chi connectivity index (χ4v) is 5.21. The first-order valence-corrected chi connectivity index (χ1v) is 15.2. The lowest BCUT2D eigenvalue weighted by atomic mass is 10.8. The van der Waals surface area contributed by atoms with Crippen molar-refractivity contribution in [2.45, 2.75) is 28.7 Å². The maximum Gasteiger partial charge on any atom is 0.480 e. The summed E-state index contributed by atoms with van der Waals surface area (Å²) in [6.45, 7) is 0.863. The van der Waals surface area contributed by atoms with Crippen LogP contribution in [-0.2, 0) is 60.9 Å². The van der Waals surface area contributed by atoms with Crippen molar-refractivity contribution in [1.82, 2.24) is 9.13 Å². The molecule has 2 rings (SSSR count). The summed E-state index contributed by atoms with van der Waals surface area (Å²) in [6, 6.07) is 0. The van der Waals surface area contributed by atoms with E-state index < -0.39 is 62.1 Å². The zero-order valence-corrected chi connectivity index (χ0v) is 23.6. The van der Waals surface area contributed by atoms with Gasteiger partial charge >= 0.3 is 22.0 Å². The van der Waals surface area contributed by atoms with Crippen molar-refractivity contribution in [3.05, 3.63) is 45.7 Å². The Bertz CT molecular complexity index is 1460. The van der Waals surface area contributed by atoms with Crippen LogP contribution in [0.2, 0.25) is 0 Å². The Balaban J connectivity index is 0.000000616. The highest BCUT2D eigenvalue weighted by molar-refractivity contribution is 8.13. The predicted octanol–water partition coefficient (Wildman–Crippen LogP) is 1.56. The SMILES string of the molecule is C[n+]1ccn(Cn2cc[n+](C)c2)c1.O=S(=O)([N-]S(=O)(=O)C(F)(F)F)C(F)(F)F.O=S(=O)([N-]S(=O)(=O)C(F)(F)F)C(F)(F)F. The Labute approximate surface area is 233 Å². The fourth-order valence-electron chi connectivity index (χ4n) is 1.79. The van der Waals surface area contributed by atoms with Gasteiger partial charge in [0.15, 0.2) is 40.1 Å². The van der Waals surface area contributed by atoms with Gasteiger partial charge in [-0.1, -0.05) is 0 Å². The second-order valence-electron chi connectivity index (χ2n) is 7.16. The van der Waals surface area contributed by atoms with Gasteiger partial charge in [-0.2, -0.15) is 61.8 Å². The highest BCUT2D eigenvalue weighted by atomic mass is 32.3. The van der Waals surface area contributed by atoms with Crippen molar-refractivity contribution in [3.8, 4) is 0 Å². The summed E-state index contributed by atoms with van der Waals surface area (Å²) in [7, 11) is -22.8. The van der Waals surface area contributed by atoms with Crippen LogP contribution in [0.3, 0.4) is 0 Å². The third kappa shape index (κ3) is 12.1. The van der Waals surface area contributed by atoms with Gasteiger partial charge in [0.25, 0.3) is 0 Å². The van der Waals surface area contributed by atoms with Crippen LogP contribution < -0.4 is 9.13 Å². The zero-order valence-electron chi connectivity index (χ0n) is 20.3. The molecule has 0 bridgehead atoms. The standard InChI is InChI=1S/C9H14N4.2C2F6NO4S2/c1-10-3-5-12(7-10)9-13-6-4-11(2)8-13;2*3-1(4,5)14(10,11)9-15(12,13)2(6,7)8/h3-8H,9H2,1-2H3;;/q+2;2*-1. The van der Waals surface area contributed by atoms with Crippen LogP contribution >= 0.6 is 0 Å². The Kier molecular flexibility index (Phi) is 12.3. The molecule has 0 amide bonds. The van der Waals surface area contributed by atoms with Crippen molar-refractivity contribution in [1.29, 1.82) is 0 Å². The lowest BCUT2D eigenvalue weighted by molar-refractivity contribution is -0.671. The summed E-state index contributed by atoms with van der Waals surface area (Å²) in [5, 5.41) is 0. The van der Waals surface area contributed by atoms with Gasteiger partial charge in [0, 0.05) is 0 Å². The smallest absolute Gasteiger partial charge is 0.421 e.